The molecular weight excluding hydrogens is 408 g/mol. The van der Waals surface area contributed by atoms with Crippen molar-refractivity contribution >= 4 is 40.5 Å². The molecule has 4 rings (SSSR count). The van der Waals surface area contributed by atoms with Crippen LogP contribution in [0.5, 0.6) is 0 Å². The monoisotopic (exact) mass is 430 g/mol. The number of rotatable bonds is 8. The van der Waals surface area contributed by atoms with Gasteiger partial charge in [-0.3, -0.25) is 9.59 Å². The zero-order valence-corrected chi connectivity index (χ0v) is 17.4. The highest BCUT2D eigenvalue weighted by Gasteiger charge is 2.12. The first-order chi connectivity index (χ1) is 15.5. The van der Waals surface area contributed by atoms with Crippen molar-refractivity contribution < 1.29 is 19.1 Å². The molecule has 3 N–H and O–H groups in total. The Hall–Kier alpha value is -4.20. The number of carbonyl (C=O) groups excluding carboxylic acids is 1. The number of para-hydroxylation sites is 1. The molecule has 1 atom stereocenters. The lowest BCUT2D eigenvalue weighted by molar-refractivity contribution is -0.137. The molecule has 32 heavy (non-hydrogen) atoms. The Labute approximate surface area is 184 Å². The maximum atomic E-state index is 12.4. The molecule has 0 unspecified atom stereocenters. The van der Waals surface area contributed by atoms with Gasteiger partial charge in [-0.2, -0.15) is 4.98 Å². The van der Waals surface area contributed by atoms with E-state index in [0.29, 0.717) is 22.9 Å². The lowest BCUT2D eigenvalue weighted by Gasteiger charge is -2.10. The zero-order chi connectivity index (χ0) is 22.5. The molecule has 0 fully saturated rings. The Morgan fingerprint density at radius 3 is 2.62 bits per heavy atom. The second-order valence-corrected chi connectivity index (χ2v) is 7.51. The van der Waals surface area contributed by atoms with E-state index in [1.54, 1.807) is 24.4 Å². The molecule has 2 aromatic carbocycles. The summed E-state index contributed by atoms with van der Waals surface area (Å²) in [5.41, 5.74) is 3.74. The minimum atomic E-state index is -0.860. The molecule has 0 spiro atoms. The number of aromatic nitrogens is 2. The number of oxazole rings is 1. The van der Waals surface area contributed by atoms with Crippen LogP contribution in [0, 0.1) is 0 Å². The fourth-order valence-corrected chi connectivity index (χ4v) is 3.30. The van der Waals surface area contributed by atoms with Gasteiger partial charge in [0.15, 0.2) is 5.58 Å². The van der Waals surface area contributed by atoms with E-state index in [1.165, 1.54) is 0 Å². The van der Waals surface area contributed by atoms with Gasteiger partial charge in [-0.1, -0.05) is 37.3 Å². The number of fused-ring (bicyclic) bond motifs is 1. The SMILES string of the molecule is C[C@@H](CC(=O)O)c1ccc(NC(=O)Cc2ccc3nc(Nc4ccccc4)oc3c2)nc1. The number of carboxylic acid groups (broad SMARTS) is 1. The van der Waals surface area contributed by atoms with Crippen molar-refractivity contribution in [2.24, 2.45) is 0 Å². The molecule has 0 saturated carbocycles. The molecule has 1 amide bonds. The molecule has 4 aromatic rings. The summed E-state index contributed by atoms with van der Waals surface area (Å²) in [7, 11) is 0. The molecule has 0 saturated heterocycles. The van der Waals surface area contributed by atoms with Crippen LogP contribution in [0.15, 0.2) is 71.3 Å². The maximum absolute atomic E-state index is 12.4. The van der Waals surface area contributed by atoms with E-state index < -0.39 is 5.97 Å². The van der Waals surface area contributed by atoms with Crippen molar-refractivity contribution in [1.82, 2.24) is 9.97 Å². The van der Waals surface area contributed by atoms with Crippen molar-refractivity contribution in [3.05, 3.63) is 78.0 Å². The van der Waals surface area contributed by atoms with Gasteiger partial charge in [0.25, 0.3) is 6.01 Å². The topological polar surface area (TPSA) is 117 Å². The van der Waals surface area contributed by atoms with Crippen LogP contribution < -0.4 is 10.6 Å². The molecule has 2 heterocycles. The molecule has 8 heteroatoms. The van der Waals surface area contributed by atoms with Crippen LogP contribution in [0.4, 0.5) is 17.5 Å². The Morgan fingerprint density at radius 1 is 1.09 bits per heavy atom. The molecule has 2 aromatic heterocycles. The quantitative estimate of drug-likeness (QED) is 0.370. The van der Waals surface area contributed by atoms with Gasteiger partial charge in [-0.05, 0) is 47.4 Å². The number of amides is 1. The molecule has 162 valence electrons. The number of benzene rings is 2. The van der Waals surface area contributed by atoms with Crippen molar-refractivity contribution in [2.45, 2.75) is 25.7 Å². The minimum absolute atomic E-state index is 0.0279. The Morgan fingerprint density at radius 2 is 1.91 bits per heavy atom. The van der Waals surface area contributed by atoms with Gasteiger partial charge >= 0.3 is 5.97 Å². The van der Waals surface area contributed by atoms with Crippen LogP contribution in [0.25, 0.3) is 11.1 Å². The summed E-state index contributed by atoms with van der Waals surface area (Å²) in [6.07, 6.45) is 1.77. The van der Waals surface area contributed by atoms with Crippen LogP contribution in [-0.4, -0.2) is 27.0 Å². The Bertz CT molecular complexity index is 1240. The van der Waals surface area contributed by atoms with Crippen LogP contribution in [0.1, 0.15) is 30.4 Å². The van der Waals surface area contributed by atoms with E-state index in [2.05, 4.69) is 20.6 Å². The van der Waals surface area contributed by atoms with Gasteiger partial charge in [0.1, 0.15) is 11.3 Å². The van der Waals surface area contributed by atoms with Crippen LogP contribution >= 0.6 is 0 Å². The highest BCUT2D eigenvalue weighted by atomic mass is 16.4. The fraction of sp³-hybridized carbons (Fsp3) is 0.167. The van der Waals surface area contributed by atoms with Crippen molar-refractivity contribution in [1.29, 1.82) is 0 Å². The summed E-state index contributed by atoms with van der Waals surface area (Å²) in [6.45, 7) is 1.82. The molecule has 0 aliphatic carbocycles. The van der Waals surface area contributed by atoms with E-state index in [0.717, 1.165) is 16.8 Å². The van der Waals surface area contributed by atoms with Crippen LogP contribution in [0.2, 0.25) is 0 Å². The summed E-state index contributed by atoms with van der Waals surface area (Å²) in [4.78, 5) is 31.9. The standard InChI is InChI=1S/C24H22N4O4/c1-15(11-23(30)31)17-8-10-21(25-14-17)28-22(29)13-16-7-9-19-20(12-16)32-24(27-19)26-18-5-3-2-4-6-18/h2-10,12,14-15H,11,13H2,1H3,(H,26,27)(H,30,31)(H,25,28,29)/t15-/m0/s1. The van der Waals surface area contributed by atoms with Gasteiger partial charge < -0.3 is 20.2 Å². The van der Waals surface area contributed by atoms with Crippen molar-refractivity contribution in [3.8, 4) is 0 Å². The normalized spacial score (nSPS) is 11.8. The van der Waals surface area contributed by atoms with Gasteiger partial charge in [-0.25, -0.2) is 4.98 Å². The highest BCUT2D eigenvalue weighted by Crippen LogP contribution is 2.23. The number of carboxylic acids is 1. The maximum Gasteiger partial charge on any atom is 0.303 e. The largest absolute Gasteiger partial charge is 0.481 e. The first kappa shape index (κ1) is 21.0. The fourth-order valence-electron chi connectivity index (χ4n) is 3.30. The highest BCUT2D eigenvalue weighted by molar-refractivity contribution is 5.92. The average Bonchev–Trinajstić information content (AvgIpc) is 3.16. The molecular formula is C24H22N4O4. The number of anilines is 3. The smallest absolute Gasteiger partial charge is 0.303 e. The van der Waals surface area contributed by atoms with Crippen LogP contribution in [-0.2, 0) is 16.0 Å². The Balaban J connectivity index is 1.38. The number of nitrogens with one attached hydrogen (secondary N) is 2. The minimum Gasteiger partial charge on any atom is -0.481 e. The summed E-state index contributed by atoms with van der Waals surface area (Å²) >= 11 is 0. The summed E-state index contributed by atoms with van der Waals surface area (Å²) in [6, 6.07) is 18.9. The predicted molar refractivity (Wildman–Crippen MR) is 121 cm³/mol. The molecule has 0 bridgehead atoms. The Kier molecular flexibility index (Phi) is 6.12. The predicted octanol–water partition coefficient (Wildman–Crippen LogP) is 4.73. The van der Waals surface area contributed by atoms with E-state index >= 15 is 0 Å². The average molecular weight is 430 g/mol. The second-order valence-electron chi connectivity index (χ2n) is 7.51. The zero-order valence-electron chi connectivity index (χ0n) is 17.4. The molecule has 0 aliphatic rings. The lowest BCUT2D eigenvalue weighted by atomic mass is 10.00. The summed E-state index contributed by atoms with van der Waals surface area (Å²) < 4.78 is 5.77. The second kappa shape index (κ2) is 9.30. The first-order valence-electron chi connectivity index (χ1n) is 10.2. The first-order valence-corrected chi connectivity index (χ1v) is 10.2. The van der Waals surface area contributed by atoms with E-state index in [4.69, 9.17) is 9.52 Å². The molecule has 8 nitrogen and oxygen atoms in total. The number of nitrogens with zero attached hydrogens (tertiary/aromatic N) is 2. The van der Waals surface area contributed by atoms with Gasteiger partial charge in [0.05, 0.1) is 12.8 Å². The molecule has 0 aliphatic heterocycles. The van der Waals surface area contributed by atoms with Crippen molar-refractivity contribution in [2.75, 3.05) is 10.6 Å². The number of carbonyl (C=O) groups is 2. The van der Waals surface area contributed by atoms with E-state index in [9.17, 15) is 9.59 Å². The van der Waals surface area contributed by atoms with Gasteiger partial charge in [-0.15, -0.1) is 0 Å². The van der Waals surface area contributed by atoms with E-state index in [1.807, 2.05) is 49.4 Å². The number of hydrogen-bond acceptors (Lipinski definition) is 6. The van der Waals surface area contributed by atoms with Crippen molar-refractivity contribution in [3.63, 3.8) is 0 Å². The molecule has 0 radical (unpaired) electrons. The van der Waals surface area contributed by atoms with Gasteiger partial charge in [0.2, 0.25) is 5.91 Å². The lowest BCUT2D eigenvalue weighted by Crippen LogP contribution is -2.15. The number of pyridine rings is 1. The third-order valence-electron chi connectivity index (χ3n) is 4.95. The number of aliphatic carboxylic acids is 1. The summed E-state index contributed by atoms with van der Waals surface area (Å²) in [5.74, 6) is -0.817. The third kappa shape index (κ3) is 5.28. The number of hydrogen-bond donors (Lipinski definition) is 3. The third-order valence-corrected chi connectivity index (χ3v) is 4.95. The van der Waals surface area contributed by atoms with Gasteiger partial charge in [0, 0.05) is 11.9 Å². The summed E-state index contributed by atoms with van der Waals surface area (Å²) in [5, 5.41) is 14.8. The van der Waals surface area contributed by atoms with Crippen LogP contribution in [0.3, 0.4) is 0 Å². The van der Waals surface area contributed by atoms with E-state index in [-0.39, 0.29) is 24.7 Å².